The van der Waals surface area contributed by atoms with Crippen molar-refractivity contribution in [3.63, 3.8) is 0 Å². The molecule has 1 aliphatic heterocycles. The van der Waals surface area contributed by atoms with Crippen molar-refractivity contribution in [2.45, 2.75) is 0 Å². The van der Waals surface area contributed by atoms with Crippen LogP contribution in [0.15, 0.2) is 48.5 Å². The number of phenols is 2. The molecular weight excluding hydrogens is 340 g/mol. The Morgan fingerprint density at radius 2 is 0.917 bits per heavy atom. The average Bonchev–Trinajstić information content (AvgIpc) is 2.62. The minimum Gasteiger partial charge on any atom is -0.508 e. The van der Waals surface area contributed by atoms with Crippen LogP contribution in [-0.4, -0.2) is 56.2 Å². The molecule has 0 amide bonds. The van der Waals surface area contributed by atoms with Crippen molar-refractivity contribution >= 4 is 34.4 Å². The highest BCUT2D eigenvalue weighted by Gasteiger charge is 2.21. The summed E-state index contributed by atoms with van der Waals surface area (Å²) >= 11 is 11.1. The van der Waals surface area contributed by atoms with Crippen LogP contribution < -0.4 is 0 Å². The zero-order chi connectivity index (χ0) is 17.1. The van der Waals surface area contributed by atoms with Crippen molar-refractivity contribution in [3.8, 4) is 11.5 Å². The van der Waals surface area contributed by atoms with Crippen molar-refractivity contribution in [1.29, 1.82) is 0 Å². The summed E-state index contributed by atoms with van der Waals surface area (Å²) in [7, 11) is 0. The third kappa shape index (κ3) is 3.66. The van der Waals surface area contributed by atoms with Gasteiger partial charge in [-0.3, -0.25) is 0 Å². The zero-order valence-electron chi connectivity index (χ0n) is 13.1. The third-order valence-corrected chi connectivity index (χ3v) is 5.07. The second-order valence-electron chi connectivity index (χ2n) is 5.68. The van der Waals surface area contributed by atoms with E-state index < -0.39 is 0 Å². The molecule has 2 aromatic carbocycles. The van der Waals surface area contributed by atoms with E-state index in [0.29, 0.717) is 0 Å². The van der Waals surface area contributed by atoms with E-state index in [1.807, 2.05) is 24.3 Å². The molecule has 4 nitrogen and oxygen atoms in total. The van der Waals surface area contributed by atoms with Gasteiger partial charge in [0.2, 0.25) is 0 Å². The first kappa shape index (κ1) is 16.7. The van der Waals surface area contributed by atoms with Gasteiger partial charge in [0, 0.05) is 37.3 Å². The largest absolute Gasteiger partial charge is 0.508 e. The number of piperazine rings is 1. The first-order valence-corrected chi connectivity index (χ1v) is 8.53. The van der Waals surface area contributed by atoms with Crippen LogP contribution in [0, 0.1) is 0 Å². The molecule has 24 heavy (non-hydrogen) atoms. The third-order valence-electron chi connectivity index (χ3n) is 4.08. The molecule has 0 spiro atoms. The standard InChI is InChI=1S/C18H18N2O2S2/c21-15-5-1-13(2-6-15)17(23)19-9-11-20(12-10-19)18(24)14-3-7-16(22)8-4-14/h1-8,21-22H,9-12H2. The Hall–Kier alpha value is -2.18. The number of nitrogens with zero attached hydrogens (tertiary/aromatic N) is 2. The van der Waals surface area contributed by atoms with Crippen LogP contribution in [0.3, 0.4) is 0 Å². The van der Waals surface area contributed by atoms with E-state index in [-0.39, 0.29) is 11.5 Å². The van der Waals surface area contributed by atoms with E-state index in [1.165, 1.54) is 0 Å². The maximum Gasteiger partial charge on any atom is 0.115 e. The normalized spacial score (nSPS) is 14.5. The molecule has 1 saturated heterocycles. The molecule has 1 aliphatic rings. The molecule has 0 atom stereocenters. The zero-order valence-corrected chi connectivity index (χ0v) is 14.7. The number of hydrogen-bond acceptors (Lipinski definition) is 4. The van der Waals surface area contributed by atoms with Gasteiger partial charge in [0.05, 0.1) is 0 Å². The molecule has 0 aliphatic carbocycles. The molecular formula is C18H18N2O2S2. The summed E-state index contributed by atoms with van der Waals surface area (Å²) in [6.07, 6.45) is 0. The van der Waals surface area contributed by atoms with Crippen LogP contribution in [0.25, 0.3) is 0 Å². The minimum atomic E-state index is 0.241. The molecule has 2 aromatic rings. The van der Waals surface area contributed by atoms with Crippen molar-refractivity contribution < 1.29 is 10.2 Å². The van der Waals surface area contributed by atoms with E-state index in [1.54, 1.807) is 24.3 Å². The van der Waals surface area contributed by atoms with E-state index >= 15 is 0 Å². The van der Waals surface area contributed by atoms with Crippen LogP contribution in [0.5, 0.6) is 11.5 Å². The van der Waals surface area contributed by atoms with Gasteiger partial charge in [-0.1, -0.05) is 24.4 Å². The quantitative estimate of drug-likeness (QED) is 0.805. The van der Waals surface area contributed by atoms with Gasteiger partial charge < -0.3 is 20.0 Å². The van der Waals surface area contributed by atoms with Gasteiger partial charge in [-0.05, 0) is 48.5 Å². The molecule has 124 valence electrons. The predicted octanol–water partition coefficient (Wildman–Crippen LogP) is 2.77. The van der Waals surface area contributed by atoms with Gasteiger partial charge in [-0.15, -0.1) is 0 Å². The topological polar surface area (TPSA) is 46.9 Å². The lowest BCUT2D eigenvalue weighted by Crippen LogP contribution is -2.50. The Morgan fingerprint density at radius 3 is 1.21 bits per heavy atom. The number of thiocarbonyl (C=S) groups is 2. The van der Waals surface area contributed by atoms with Gasteiger partial charge in [-0.25, -0.2) is 0 Å². The molecule has 0 bridgehead atoms. The van der Waals surface area contributed by atoms with E-state index in [2.05, 4.69) is 9.80 Å². The van der Waals surface area contributed by atoms with Crippen LogP contribution in [0.1, 0.15) is 11.1 Å². The highest BCUT2D eigenvalue weighted by molar-refractivity contribution is 7.81. The van der Waals surface area contributed by atoms with Gasteiger partial charge >= 0.3 is 0 Å². The Labute approximate surface area is 151 Å². The predicted molar refractivity (Wildman–Crippen MR) is 103 cm³/mol. The van der Waals surface area contributed by atoms with E-state index in [9.17, 15) is 10.2 Å². The lowest BCUT2D eigenvalue weighted by Gasteiger charge is -2.37. The number of rotatable bonds is 2. The van der Waals surface area contributed by atoms with Gasteiger partial charge in [0.15, 0.2) is 0 Å². The highest BCUT2D eigenvalue weighted by Crippen LogP contribution is 2.17. The van der Waals surface area contributed by atoms with Gasteiger partial charge in [0.25, 0.3) is 0 Å². The lowest BCUT2D eigenvalue weighted by atomic mass is 10.1. The van der Waals surface area contributed by atoms with Gasteiger partial charge in [-0.2, -0.15) is 0 Å². The van der Waals surface area contributed by atoms with Crippen LogP contribution in [-0.2, 0) is 0 Å². The summed E-state index contributed by atoms with van der Waals surface area (Å²) in [4.78, 5) is 5.92. The fraction of sp³-hybridized carbons (Fsp3) is 0.222. The molecule has 1 fully saturated rings. The Bertz CT molecular complexity index is 671. The van der Waals surface area contributed by atoms with Crippen molar-refractivity contribution in [2.75, 3.05) is 26.2 Å². The van der Waals surface area contributed by atoms with Gasteiger partial charge in [0.1, 0.15) is 21.5 Å². The number of hydrogen-bond donors (Lipinski definition) is 2. The molecule has 0 unspecified atom stereocenters. The summed E-state index contributed by atoms with van der Waals surface area (Å²) in [5, 5.41) is 18.8. The molecule has 0 aromatic heterocycles. The van der Waals surface area contributed by atoms with Crippen molar-refractivity contribution in [2.24, 2.45) is 0 Å². The summed E-state index contributed by atoms with van der Waals surface area (Å²) in [5.74, 6) is 0.483. The molecule has 0 saturated carbocycles. The van der Waals surface area contributed by atoms with Crippen LogP contribution in [0.2, 0.25) is 0 Å². The second kappa shape index (κ2) is 7.15. The van der Waals surface area contributed by atoms with Crippen LogP contribution in [0.4, 0.5) is 0 Å². The maximum absolute atomic E-state index is 9.38. The number of phenolic OH excluding ortho intramolecular Hbond substituents is 2. The Morgan fingerprint density at radius 1 is 0.625 bits per heavy atom. The first-order chi connectivity index (χ1) is 11.5. The fourth-order valence-electron chi connectivity index (χ4n) is 2.69. The fourth-order valence-corrected chi connectivity index (χ4v) is 3.32. The van der Waals surface area contributed by atoms with Crippen molar-refractivity contribution in [1.82, 2.24) is 9.80 Å². The smallest absolute Gasteiger partial charge is 0.115 e. The Balaban J connectivity index is 1.61. The molecule has 3 rings (SSSR count). The molecule has 1 heterocycles. The second-order valence-corrected chi connectivity index (χ2v) is 6.45. The number of aromatic hydroxyl groups is 2. The maximum atomic E-state index is 9.38. The molecule has 0 radical (unpaired) electrons. The summed E-state index contributed by atoms with van der Waals surface area (Å²) in [5.41, 5.74) is 1.88. The van der Waals surface area contributed by atoms with E-state index in [4.69, 9.17) is 24.4 Å². The van der Waals surface area contributed by atoms with Crippen LogP contribution >= 0.6 is 24.4 Å². The SMILES string of the molecule is Oc1ccc(C(=S)N2CCN(C(=S)c3ccc(O)cc3)CC2)cc1. The lowest BCUT2D eigenvalue weighted by molar-refractivity contribution is 0.265. The molecule has 6 heteroatoms. The highest BCUT2D eigenvalue weighted by atomic mass is 32.1. The summed E-state index contributed by atoms with van der Waals surface area (Å²) < 4.78 is 0. The minimum absolute atomic E-state index is 0.241. The summed E-state index contributed by atoms with van der Waals surface area (Å²) in [6.45, 7) is 3.21. The average molecular weight is 358 g/mol. The number of benzene rings is 2. The summed E-state index contributed by atoms with van der Waals surface area (Å²) in [6, 6.07) is 14.0. The Kier molecular flexibility index (Phi) is 4.97. The van der Waals surface area contributed by atoms with E-state index in [0.717, 1.165) is 47.3 Å². The monoisotopic (exact) mass is 358 g/mol. The molecule has 2 N–H and O–H groups in total. The first-order valence-electron chi connectivity index (χ1n) is 7.71. The van der Waals surface area contributed by atoms with Crippen molar-refractivity contribution in [3.05, 3.63) is 59.7 Å².